The number of hydrogen-bond donors (Lipinski definition) is 2. The summed E-state index contributed by atoms with van der Waals surface area (Å²) in [4.78, 5) is 23.0. The number of rotatable bonds is 6. The van der Waals surface area contributed by atoms with Crippen LogP contribution >= 0.6 is 0 Å². The van der Waals surface area contributed by atoms with E-state index in [0.717, 1.165) is 11.3 Å². The molecule has 0 aliphatic heterocycles. The Morgan fingerprint density at radius 3 is 2.65 bits per heavy atom. The lowest BCUT2D eigenvalue weighted by Gasteiger charge is -2.25. The topological polar surface area (TPSA) is 84.2 Å². The molecule has 6 heteroatoms. The third-order valence-corrected chi connectivity index (χ3v) is 3.63. The molecule has 1 heterocycles. The maximum absolute atomic E-state index is 12.4. The Morgan fingerprint density at radius 2 is 2.09 bits per heavy atom. The van der Waals surface area contributed by atoms with Crippen molar-refractivity contribution in [1.29, 1.82) is 0 Å². The van der Waals surface area contributed by atoms with Gasteiger partial charge in [-0.15, -0.1) is 0 Å². The summed E-state index contributed by atoms with van der Waals surface area (Å²) in [6, 6.07) is 7.23. The highest BCUT2D eigenvalue weighted by Gasteiger charge is 2.22. The Kier molecular flexibility index (Phi) is 4.83. The number of aliphatic carboxylic acids is 1. The maximum Gasteiger partial charge on any atom is 0.303 e. The van der Waals surface area contributed by atoms with Gasteiger partial charge in [0.25, 0.3) is 5.91 Å². The predicted molar refractivity (Wildman–Crippen MR) is 86.7 cm³/mol. The molecule has 0 atom stereocenters. The van der Waals surface area contributed by atoms with Crippen molar-refractivity contribution in [3.05, 3.63) is 47.8 Å². The Hall–Kier alpha value is -2.63. The second-order valence-corrected chi connectivity index (χ2v) is 6.18. The number of aryl methyl sites for hydroxylation is 1. The van der Waals surface area contributed by atoms with E-state index in [-0.39, 0.29) is 12.3 Å². The number of aromatic nitrogens is 2. The molecular weight excluding hydrogens is 294 g/mol. The van der Waals surface area contributed by atoms with Crippen molar-refractivity contribution in [2.45, 2.75) is 39.2 Å². The van der Waals surface area contributed by atoms with Crippen molar-refractivity contribution >= 4 is 11.9 Å². The van der Waals surface area contributed by atoms with E-state index in [9.17, 15) is 9.59 Å². The van der Waals surface area contributed by atoms with Gasteiger partial charge in [-0.1, -0.05) is 0 Å². The molecule has 0 unspecified atom stereocenters. The van der Waals surface area contributed by atoms with Gasteiger partial charge in [0.1, 0.15) is 0 Å². The Morgan fingerprint density at radius 1 is 1.35 bits per heavy atom. The largest absolute Gasteiger partial charge is 0.481 e. The van der Waals surface area contributed by atoms with E-state index in [1.54, 1.807) is 23.0 Å². The minimum atomic E-state index is -0.869. The Balaban J connectivity index is 2.11. The van der Waals surface area contributed by atoms with Crippen LogP contribution in [-0.2, 0) is 4.79 Å². The number of carbonyl (C=O) groups is 2. The summed E-state index contributed by atoms with van der Waals surface area (Å²) >= 11 is 0. The first kappa shape index (κ1) is 16.7. The average Bonchev–Trinajstić information content (AvgIpc) is 2.98. The van der Waals surface area contributed by atoms with Gasteiger partial charge in [-0.2, -0.15) is 5.10 Å². The standard InChI is InChI=1S/C17H21N3O3/c1-12-11-13(5-6-14(12)20-10-4-9-18-20)16(23)19-17(2,3)8-7-15(21)22/h4-6,9-11H,7-8H2,1-3H3,(H,19,23)(H,21,22). The van der Waals surface area contributed by atoms with E-state index in [1.165, 1.54) is 0 Å². The van der Waals surface area contributed by atoms with Crippen molar-refractivity contribution in [3.63, 3.8) is 0 Å². The van der Waals surface area contributed by atoms with Gasteiger partial charge in [0.15, 0.2) is 0 Å². The molecular formula is C17H21N3O3. The molecule has 2 aromatic rings. The number of carboxylic acids is 1. The van der Waals surface area contributed by atoms with Gasteiger partial charge in [-0.3, -0.25) is 9.59 Å². The summed E-state index contributed by atoms with van der Waals surface area (Å²) in [7, 11) is 0. The minimum Gasteiger partial charge on any atom is -0.481 e. The van der Waals surface area contributed by atoms with Crippen LogP contribution in [0.3, 0.4) is 0 Å². The third-order valence-electron chi connectivity index (χ3n) is 3.63. The molecule has 1 aromatic heterocycles. The lowest BCUT2D eigenvalue weighted by atomic mass is 9.97. The van der Waals surface area contributed by atoms with Gasteiger partial charge in [-0.25, -0.2) is 4.68 Å². The van der Waals surface area contributed by atoms with Crippen LogP contribution in [0.2, 0.25) is 0 Å². The van der Waals surface area contributed by atoms with E-state index in [2.05, 4.69) is 10.4 Å². The summed E-state index contributed by atoms with van der Waals surface area (Å²) in [6.07, 6.45) is 3.94. The van der Waals surface area contributed by atoms with Crippen LogP contribution in [0.15, 0.2) is 36.7 Å². The second kappa shape index (κ2) is 6.64. The first-order valence-corrected chi connectivity index (χ1v) is 7.43. The summed E-state index contributed by atoms with van der Waals surface area (Å²) in [5, 5.41) is 15.8. The first-order chi connectivity index (χ1) is 10.8. The highest BCUT2D eigenvalue weighted by atomic mass is 16.4. The Labute approximate surface area is 135 Å². The van der Waals surface area contributed by atoms with Crippen molar-refractivity contribution < 1.29 is 14.7 Å². The smallest absolute Gasteiger partial charge is 0.303 e. The molecule has 6 nitrogen and oxygen atoms in total. The molecule has 0 fully saturated rings. The monoisotopic (exact) mass is 315 g/mol. The SMILES string of the molecule is Cc1cc(C(=O)NC(C)(C)CCC(=O)O)ccc1-n1cccn1. The van der Waals surface area contributed by atoms with Crippen LogP contribution in [-0.4, -0.2) is 32.3 Å². The normalized spacial score (nSPS) is 11.3. The lowest BCUT2D eigenvalue weighted by Crippen LogP contribution is -2.43. The van der Waals surface area contributed by atoms with E-state index in [0.29, 0.717) is 12.0 Å². The summed E-state index contributed by atoms with van der Waals surface area (Å²) in [6.45, 7) is 5.56. The Bertz CT molecular complexity index is 706. The highest BCUT2D eigenvalue weighted by molar-refractivity contribution is 5.95. The molecule has 1 aromatic carbocycles. The van der Waals surface area contributed by atoms with Crippen molar-refractivity contribution in [1.82, 2.24) is 15.1 Å². The molecule has 0 radical (unpaired) electrons. The molecule has 2 rings (SSSR count). The second-order valence-electron chi connectivity index (χ2n) is 6.18. The lowest BCUT2D eigenvalue weighted by molar-refractivity contribution is -0.137. The van der Waals surface area contributed by atoms with Gasteiger partial charge in [-0.05, 0) is 57.0 Å². The van der Waals surface area contributed by atoms with Crippen molar-refractivity contribution in [2.24, 2.45) is 0 Å². The van der Waals surface area contributed by atoms with Crippen LogP contribution < -0.4 is 5.32 Å². The summed E-state index contributed by atoms with van der Waals surface area (Å²) in [5.41, 5.74) is 1.81. The van der Waals surface area contributed by atoms with E-state index in [1.807, 2.05) is 39.1 Å². The molecule has 0 saturated carbocycles. The quantitative estimate of drug-likeness (QED) is 0.858. The minimum absolute atomic E-state index is 0.0184. The number of nitrogens with zero attached hydrogens (tertiary/aromatic N) is 2. The number of benzene rings is 1. The zero-order valence-electron chi connectivity index (χ0n) is 13.5. The molecule has 0 aliphatic carbocycles. The number of carboxylic acid groups (broad SMARTS) is 1. The van der Waals surface area contributed by atoms with E-state index in [4.69, 9.17) is 5.11 Å². The van der Waals surface area contributed by atoms with E-state index >= 15 is 0 Å². The summed E-state index contributed by atoms with van der Waals surface area (Å²) < 4.78 is 1.74. The molecule has 23 heavy (non-hydrogen) atoms. The zero-order valence-corrected chi connectivity index (χ0v) is 13.5. The first-order valence-electron chi connectivity index (χ1n) is 7.43. The van der Waals surface area contributed by atoms with Crippen molar-refractivity contribution in [3.8, 4) is 5.69 Å². The zero-order chi connectivity index (χ0) is 17.0. The van der Waals surface area contributed by atoms with Crippen LogP contribution in [0, 0.1) is 6.92 Å². The molecule has 122 valence electrons. The number of carbonyl (C=O) groups excluding carboxylic acids is 1. The molecule has 1 amide bonds. The van der Waals surface area contributed by atoms with Crippen LogP contribution in [0.25, 0.3) is 5.69 Å². The molecule has 0 spiro atoms. The van der Waals surface area contributed by atoms with Gasteiger partial charge in [0, 0.05) is 29.9 Å². The van der Waals surface area contributed by atoms with Crippen LogP contribution in [0.4, 0.5) is 0 Å². The maximum atomic E-state index is 12.4. The number of hydrogen-bond acceptors (Lipinski definition) is 3. The average molecular weight is 315 g/mol. The van der Waals surface area contributed by atoms with Gasteiger partial charge < -0.3 is 10.4 Å². The molecule has 0 aliphatic rings. The fourth-order valence-corrected chi connectivity index (χ4v) is 2.33. The number of amides is 1. The molecule has 2 N–H and O–H groups in total. The fraction of sp³-hybridized carbons (Fsp3) is 0.353. The van der Waals surface area contributed by atoms with Crippen LogP contribution in [0.1, 0.15) is 42.6 Å². The van der Waals surface area contributed by atoms with E-state index < -0.39 is 11.5 Å². The summed E-state index contributed by atoms with van der Waals surface area (Å²) in [5.74, 6) is -1.08. The fourth-order valence-electron chi connectivity index (χ4n) is 2.33. The van der Waals surface area contributed by atoms with Gasteiger partial charge in [0.05, 0.1) is 5.69 Å². The van der Waals surface area contributed by atoms with Gasteiger partial charge >= 0.3 is 5.97 Å². The van der Waals surface area contributed by atoms with Crippen LogP contribution in [0.5, 0.6) is 0 Å². The molecule has 0 bridgehead atoms. The number of nitrogens with one attached hydrogen (secondary N) is 1. The van der Waals surface area contributed by atoms with Crippen molar-refractivity contribution in [2.75, 3.05) is 0 Å². The third kappa shape index (κ3) is 4.42. The van der Waals surface area contributed by atoms with Gasteiger partial charge in [0.2, 0.25) is 0 Å². The highest BCUT2D eigenvalue weighted by Crippen LogP contribution is 2.17. The predicted octanol–water partition coefficient (Wildman–Crippen LogP) is 2.55. The molecule has 0 saturated heterocycles.